The van der Waals surface area contributed by atoms with Crippen molar-refractivity contribution in [1.82, 2.24) is 0 Å². The van der Waals surface area contributed by atoms with Gasteiger partial charge in [-0.2, -0.15) is 0 Å². The van der Waals surface area contributed by atoms with E-state index in [4.69, 9.17) is 23.4 Å². The molecule has 0 saturated carbocycles. The number of benzene rings is 3. The van der Waals surface area contributed by atoms with Crippen molar-refractivity contribution in [2.24, 2.45) is 0 Å². The van der Waals surface area contributed by atoms with Crippen LogP contribution in [0.1, 0.15) is 39.0 Å². The van der Waals surface area contributed by atoms with Crippen LogP contribution in [0.4, 0.5) is 0 Å². The molecule has 0 saturated heterocycles. The number of allylic oxidation sites excluding steroid dienone is 1. The van der Waals surface area contributed by atoms with Gasteiger partial charge in [-0.25, -0.2) is 4.79 Å². The Kier molecular flexibility index (Phi) is 5.74. The van der Waals surface area contributed by atoms with E-state index in [1.54, 1.807) is 31.2 Å². The Bertz CT molecular complexity index is 1480. The highest BCUT2D eigenvalue weighted by molar-refractivity contribution is 6.15. The summed E-state index contributed by atoms with van der Waals surface area (Å²) in [6.45, 7) is 4.26. The lowest BCUT2D eigenvalue weighted by molar-refractivity contribution is 0.0703. The third-order valence-electron chi connectivity index (χ3n) is 5.57. The maximum Gasteiger partial charge on any atom is 0.379 e. The number of furan rings is 1. The molecule has 0 N–H and O–H groups in total. The maximum atomic E-state index is 13.0. The fourth-order valence-corrected chi connectivity index (χ4v) is 3.97. The molecule has 4 aromatic rings. The summed E-state index contributed by atoms with van der Waals surface area (Å²) >= 11 is 0. The molecule has 2 heterocycles. The summed E-state index contributed by atoms with van der Waals surface area (Å²) in [6, 6.07) is 17.5. The SMILES string of the molecule is CCOc1ccc(/C=C2\Oc3cc(OC(=O)c4cc5cccc(OC)c5o4)cc(C)c3C2=O)cc1. The number of fused-ring (bicyclic) bond motifs is 2. The van der Waals surface area contributed by atoms with Crippen LogP contribution in [0.15, 0.2) is 70.8 Å². The monoisotopic (exact) mass is 470 g/mol. The van der Waals surface area contributed by atoms with Gasteiger partial charge in [0.1, 0.15) is 17.2 Å². The first-order chi connectivity index (χ1) is 17.0. The van der Waals surface area contributed by atoms with Gasteiger partial charge in [-0.1, -0.05) is 24.3 Å². The number of rotatable bonds is 6. The normalized spacial score (nSPS) is 13.6. The lowest BCUT2D eigenvalue weighted by Crippen LogP contribution is -2.07. The van der Waals surface area contributed by atoms with Crippen molar-refractivity contribution in [2.75, 3.05) is 13.7 Å². The first-order valence-electron chi connectivity index (χ1n) is 11.1. The van der Waals surface area contributed by atoms with Crippen molar-refractivity contribution in [3.63, 3.8) is 0 Å². The summed E-state index contributed by atoms with van der Waals surface area (Å²) in [5.41, 5.74) is 2.34. The minimum absolute atomic E-state index is 0.0377. The van der Waals surface area contributed by atoms with E-state index in [-0.39, 0.29) is 23.1 Å². The number of esters is 1. The zero-order valence-electron chi connectivity index (χ0n) is 19.4. The van der Waals surface area contributed by atoms with Crippen molar-refractivity contribution < 1.29 is 33.0 Å². The van der Waals surface area contributed by atoms with Crippen LogP contribution in [-0.2, 0) is 0 Å². The Hall–Kier alpha value is -4.52. The first kappa shape index (κ1) is 22.3. The van der Waals surface area contributed by atoms with Crippen molar-refractivity contribution in [2.45, 2.75) is 13.8 Å². The second-order valence-corrected chi connectivity index (χ2v) is 7.93. The van der Waals surface area contributed by atoms with Gasteiger partial charge in [-0.05, 0) is 61.4 Å². The topological polar surface area (TPSA) is 84.2 Å². The number of carbonyl (C=O) groups excluding carboxylic acids is 2. The summed E-state index contributed by atoms with van der Waals surface area (Å²) in [6.07, 6.45) is 1.67. The van der Waals surface area contributed by atoms with E-state index in [9.17, 15) is 9.59 Å². The largest absolute Gasteiger partial charge is 0.494 e. The number of para-hydroxylation sites is 1. The van der Waals surface area contributed by atoms with Gasteiger partial charge in [0.25, 0.3) is 0 Å². The highest BCUT2D eigenvalue weighted by atomic mass is 16.6. The van der Waals surface area contributed by atoms with Crippen molar-refractivity contribution in [3.05, 3.63) is 88.9 Å². The molecule has 0 atom stereocenters. The Morgan fingerprint density at radius 3 is 2.57 bits per heavy atom. The Morgan fingerprint density at radius 2 is 1.83 bits per heavy atom. The third kappa shape index (κ3) is 4.24. The number of hydrogen-bond acceptors (Lipinski definition) is 7. The van der Waals surface area contributed by atoms with Crippen LogP contribution in [-0.4, -0.2) is 25.5 Å². The number of ether oxygens (including phenoxy) is 4. The van der Waals surface area contributed by atoms with Gasteiger partial charge in [0.15, 0.2) is 17.1 Å². The number of methoxy groups -OCH3 is 1. The fourth-order valence-electron chi connectivity index (χ4n) is 3.97. The van der Waals surface area contributed by atoms with Crippen LogP contribution in [0.2, 0.25) is 0 Å². The molecule has 7 heteroatoms. The molecule has 0 radical (unpaired) electrons. The molecule has 0 bridgehead atoms. The smallest absolute Gasteiger partial charge is 0.379 e. The molecule has 3 aromatic carbocycles. The van der Waals surface area contributed by atoms with Crippen molar-refractivity contribution >= 4 is 28.8 Å². The van der Waals surface area contributed by atoms with E-state index in [2.05, 4.69) is 0 Å². The van der Waals surface area contributed by atoms with Gasteiger partial charge in [0.2, 0.25) is 11.5 Å². The van der Waals surface area contributed by atoms with Crippen molar-refractivity contribution in [3.8, 4) is 23.0 Å². The molecular weight excluding hydrogens is 448 g/mol. The quantitative estimate of drug-likeness (QED) is 0.195. The van der Waals surface area contributed by atoms with E-state index >= 15 is 0 Å². The Labute approximate surface area is 201 Å². The lowest BCUT2D eigenvalue weighted by atomic mass is 10.0. The van der Waals surface area contributed by atoms with Crippen LogP contribution in [0.3, 0.4) is 0 Å². The minimum atomic E-state index is -0.669. The summed E-state index contributed by atoms with van der Waals surface area (Å²) < 4.78 is 27.8. The van der Waals surface area contributed by atoms with Gasteiger partial charge < -0.3 is 23.4 Å². The minimum Gasteiger partial charge on any atom is -0.494 e. The molecular formula is C28H22O7. The summed E-state index contributed by atoms with van der Waals surface area (Å²) in [4.78, 5) is 25.7. The highest BCUT2D eigenvalue weighted by Crippen LogP contribution is 2.38. The molecule has 1 aliphatic heterocycles. The fraction of sp³-hybridized carbons (Fsp3) is 0.143. The molecule has 35 heavy (non-hydrogen) atoms. The summed E-state index contributed by atoms with van der Waals surface area (Å²) in [7, 11) is 1.53. The van der Waals surface area contributed by atoms with E-state index in [1.165, 1.54) is 13.2 Å². The molecule has 0 aliphatic carbocycles. The van der Waals surface area contributed by atoms with Gasteiger partial charge in [-0.15, -0.1) is 0 Å². The first-order valence-corrected chi connectivity index (χ1v) is 11.1. The van der Waals surface area contributed by atoms with Crippen molar-refractivity contribution in [1.29, 1.82) is 0 Å². The predicted molar refractivity (Wildman–Crippen MR) is 129 cm³/mol. The van der Waals surface area contributed by atoms with Gasteiger partial charge in [0, 0.05) is 11.5 Å². The van der Waals surface area contributed by atoms with Gasteiger partial charge in [-0.3, -0.25) is 4.79 Å². The average Bonchev–Trinajstić information content (AvgIpc) is 3.42. The number of aryl methyl sites for hydroxylation is 1. The molecule has 0 spiro atoms. The molecule has 176 valence electrons. The number of hydrogen-bond donors (Lipinski definition) is 0. The maximum absolute atomic E-state index is 13.0. The molecule has 0 amide bonds. The molecule has 0 fully saturated rings. The van der Waals surface area contributed by atoms with E-state index in [0.29, 0.717) is 34.8 Å². The van der Waals surface area contributed by atoms with E-state index in [1.807, 2.05) is 43.3 Å². The number of Topliss-reactive ketones (excluding diaryl/α,β-unsaturated/α-hetero) is 1. The number of ketones is 1. The molecule has 0 unspecified atom stereocenters. The van der Waals surface area contributed by atoms with Crippen LogP contribution in [0, 0.1) is 6.92 Å². The van der Waals surface area contributed by atoms with Crippen LogP contribution in [0.5, 0.6) is 23.0 Å². The van der Waals surface area contributed by atoms with Crippen LogP contribution < -0.4 is 18.9 Å². The van der Waals surface area contributed by atoms with Gasteiger partial charge >= 0.3 is 5.97 Å². The molecule has 7 nitrogen and oxygen atoms in total. The Morgan fingerprint density at radius 1 is 1.03 bits per heavy atom. The Balaban J connectivity index is 1.38. The highest BCUT2D eigenvalue weighted by Gasteiger charge is 2.30. The second kappa shape index (κ2) is 9.02. The van der Waals surface area contributed by atoms with E-state index in [0.717, 1.165) is 16.7 Å². The average molecular weight is 470 g/mol. The van der Waals surface area contributed by atoms with Crippen LogP contribution in [0.25, 0.3) is 17.0 Å². The van der Waals surface area contributed by atoms with Gasteiger partial charge in [0.05, 0.1) is 19.3 Å². The third-order valence-corrected chi connectivity index (χ3v) is 5.57. The molecule has 1 aromatic heterocycles. The summed E-state index contributed by atoms with van der Waals surface area (Å²) in [5.74, 6) is 1.19. The standard InChI is InChI=1S/C28H22O7/c1-4-32-19-10-8-17(9-11-19)13-23-26(29)25-16(2)12-20(15-22(25)34-23)33-28(30)24-14-18-6-5-7-21(31-3)27(18)35-24/h5-15H,4H2,1-3H3/b23-13-. The summed E-state index contributed by atoms with van der Waals surface area (Å²) in [5, 5.41) is 0.722. The number of carbonyl (C=O) groups is 2. The van der Waals surface area contributed by atoms with E-state index < -0.39 is 5.97 Å². The zero-order chi connectivity index (χ0) is 24.5. The van der Waals surface area contributed by atoms with Crippen LogP contribution >= 0.6 is 0 Å². The predicted octanol–water partition coefficient (Wildman–Crippen LogP) is 5.98. The molecule has 1 aliphatic rings. The second-order valence-electron chi connectivity index (χ2n) is 7.93. The molecule has 5 rings (SSSR count). The zero-order valence-corrected chi connectivity index (χ0v) is 19.4. The lowest BCUT2D eigenvalue weighted by Gasteiger charge is -2.06.